The topological polar surface area (TPSA) is 49.4 Å². The molecule has 1 heterocycles. The maximum atomic E-state index is 12.6. The van der Waals surface area contributed by atoms with Gasteiger partial charge in [-0.25, -0.2) is 0 Å². The summed E-state index contributed by atoms with van der Waals surface area (Å²) in [6.07, 6.45) is 0. The second-order valence-electron chi connectivity index (χ2n) is 6.48. The molecule has 5 heteroatoms. The van der Waals surface area contributed by atoms with Crippen molar-refractivity contribution in [2.45, 2.75) is 13.5 Å². The van der Waals surface area contributed by atoms with Crippen LogP contribution >= 0.6 is 15.9 Å². The number of anilines is 2. The number of nitrogens with one attached hydrogen (secondary N) is 1. The molecule has 0 aliphatic carbocycles. The normalized spacial score (nSPS) is 12.8. The van der Waals surface area contributed by atoms with Gasteiger partial charge in [0.2, 0.25) is 0 Å². The van der Waals surface area contributed by atoms with Crippen molar-refractivity contribution in [3.05, 3.63) is 93.5 Å². The van der Waals surface area contributed by atoms with Gasteiger partial charge in [0.05, 0.1) is 12.2 Å². The molecule has 0 unspecified atom stereocenters. The average molecular weight is 421 g/mol. The van der Waals surface area contributed by atoms with Gasteiger partial charge in [0.25, 0.3) is 11.8 Å². The predicted molar refractivity (Wildman–Crippen MR) is 110 cm³/mol. The summed E-state index contributed by atoms with van der Waals surface area (Å²) in [4.78, 5) is 26.9. The van der Waals surface area contributed by atoms with Crippen molar-refractivity contribution in [1.82, 2.24) is 0 Å². The van der Waals surface area contributed by atoms with E-state index in [1.165, 1.54) is 0 Å². The lowest BCUT2D eigenvalue weighted by atomic mass is 10.1. The van der Waals surface area contributed by atoms with Gasteiger partial charge in [-0.05, 0) is 64.3 Å². The van der Waals surface area contributed by atoms with Crippen LogP contribution in [0.3, 0.4) is 0 Å². The Kier molecular flexibility index (Phi) is 4.54. The zero-order valence-corrected chi connectivity index (χ0v) is 16.3. The van der Waals surface area contributed by atoms with Gasteiger partial charge in [-0.1, -0.05) is 36.4 Å². The van der Waals surface area contributed by atoms with E-state index < -0.39 is 0 Å². The highest BCUT2D eigenvalue weighted by Gasteiger charge is 2.28. The third-order valence-corrected chi connectivity index (χ3v) is 5.38. The molecule has 4 nitrogen and oxygen atoms in total. The SMILES string of the molecule is Cc1ccccc1C(=O)Nc1ccc(N2Cc3ccccc3C2=O)cc1Br. The zero-order chi connectivity index (χ0) is 19.0. The minimum absolute atomic E-state index is 0.00537. The van der Waals surface area contributed by atoms with Gasteiger partial charge in [-0.3, -0.25) is 9.59 Å². The lowest BCUT2D eigenvalue weighted by molar-refractivity contribution is 0.0994. The third-order valence-electron chi connectivity index (χ3n) is 4.72. The van der Waals surface area contributed by atoms with Crippen molar-refractivity contribution >= 4 is 39.1 Å². The second-order valence-corrected chi connectivity index (χ2v) is 7.34. The average Bonchev–Trinajstić information content (AvgIpc) is 3.01. The van der Waals surface area contributed by atoms with Gasteiger partial charge in [0.1, 0.15) is 0 Å². The molecule has 0 saturated carbocycles. The van der Waals surface area contributed by atoms with Crippen LogP contribution in [0, 0.1) is 6.92 Å². The Labute approximate surface area is 165 Å². The first-order valence-electron chi connectivity index (χ1n) is 8.61. The standard InChI is InChI=1S/C22H17BrN2O2/c1-14-6-2-4-8-17(14)21(26)24-20-11-10-16(12-19(20)23)25-13-15-7-3-5-9-18(15)22(25)27/h2-12H,13H2,1H3,(H,24,26). The first-order valence-corrected chi connectivity index (χ1v) is 9.40. The summed E-state index contributed by atoms with van der Waals surface area (Å²) in [6.45, 7) is 2.46. The Bertz CT molecular complexity index is 1060. The van der Waals surface area contributed by atoms with E-state index in [1.54, 1.807) is 11.0 Å². The smallest absolute Gasteiger partial charge is 0.258 e. The van der Waals surface area contributed by atoms with E-state index in [2.05, 4.69) is 21.2 Å². The van der Waals surface area contributed by atoms with Crippen molar-refractivity contribution in [3.8, 4) is 0 Å². The van der Waals surface area contributed by atoms with Crippen LogP contribution in [0.25, 0.3) is 0 Å². The van der Waals surface area contributed by atoms with Crippen molar-refractivity contribution in [2.24, 2.45) is 0 Å². The van der Waals surface area contributed by atoms with Gasteiger partial charge < -0.3 is 10.2 Å². The van der Waals surface area contributed by atoms with Gasteiger partial charge in [0.15, 0.2) is 0 Å². The van der Waals surface area contributed by atoms with Crippen molar-refractivity contribution < 1.29 is 9.59 Å². The molecule has 0 spiro atoms. The van der Waals surface area contributed by atoms with Gasteiger partial charge in [-0.2, -0.15) is 0 Å². The number of carbonyl (C=O) groups is 2. The molecule has 0 radical (unpaired) electrons. The van der Waals surface area contributed by atoms with Crippen LogP contribution < -0.4 is 10.2 Å². The summed E-state index contributed by atoms with van der Waals surface area (Å²) in [5.74, 6) is -0.166. The lowest BCUT2D eigenvalue weighted by Crippen LogP contribution is -2.23. The van der Waals surface area contributed by atoms with Crippen LogP contribution in [0.15, 0.2) is 71.2 Å². The maximum Gasteiger partial charge on any atom is 0.258 e. The first-order chi connectivity index (χ1) is 13.0. The Morgan fingerprint density at radius 1 is 1.04 bits per heavy atom. The van der Waals surface area contributed by atoms with E-state index >= 15 is 0 Å². The monoisotopic (exact) mass is 420 g/mol. The molecule has 0 fully saturated rings. The number of hydrogen-bond acceptors (Lipinski definition) is 2. The molecule has 4 rings (SSSR count). The predicted octanol–water partition coefficient (Wildman–Crippen LogP) is 5.17. The number of halogens is 1. The van der Waals surface area contributed by atoms with Gasteiger partial charge >= 0.3 is 0 Å². The summed E-state index contributed by atoms with van der Waals surface area (Å²) in [5.41, 5.74) is 4.77. The number of amides is 2. The zero-order valence-electron chi connectivity index (χ0n) is 14.7. The number of rotatable bonds is 3. The molecule has 0 aromatic heterocycles. The molecule has 27 heavy (non-hydrogen) atoms. The highest BCUT2D eigenvalue weighted by molar-refractivity contribution is 9.10. The Hall–Kier alpha value is -2.92. The van der Waals surface area contributed by atoms with Crippen molar-refractivity contribution in [3.63, 3.8) is 0 Å². The number of carbonyl (C=O) groups excluding carboxylic acids is 2. The summed E-state index contributed by atoms with van der Waals surface area (Å²) >= 11 is 3.52. The Balaban J connectivity index is 1.56. The van der Waals surface area contributed by atoms with Gasteiger partial charge in [-0.15, -0.1) is 0 Å². The van der Waals surface area contributed by atoms with E-state index in [9.17, 15) is 9.59 Å². The van der Waals surface area contributed by atoms with Crippen LogP contribution in [0.5, 0.6) is 0 Å². The minimum Gasteiger partial charge on any atom is -0.321 e. The summed E-state index contributed by atoms with van der Waals surface area (Å²) < 4.78 is 0.727. The fraction of sp³-hybridized carbons (Fsp3) is 0.0909. The number of nitrogens with zero attached hydrogens (tertiary/aromatic N) is 1. The molecule has 1 N–H and O–H groups in total. The van der Waals surface area contributed by atoms with Gasteiger partial charge in [0, 0.05) is 21.3 Å². The molecule has 3 aromatic rings. The molecular weight excluding hydrogens is 404 g/mol. The second kappa shape index (κ2) is 7.00. The molecule has 134 valence electrons. The van der Waals surface area contributed by atoms with E-state index in [0.717, 1.165) is 26.9 Å². The van der Waals surface area contributed by atoms with Crippen LogP contribution in [-0.4, -0.2) is 11.8 Å². The highest BCUT2D eigenvalue weighted by Crippen LogP contribution is 2.33. The number of fused-ring (bicyclic) bond motifs is 1. The summed E-state index contributed by atoms with van der Waals surface area (Å²) in [6, 6.07) is 20.6. The third kappa shape index (κ3) is 3.26. The number of benzene rings is 3. The largest absolute Gasteiger partial charge is 0.321 e. The van der Waals surface area contributed by atoms with E-state index in [1.807, 2.05) is 67.6 Å². The van der Waals surface area contributed by atoms with Crippen LogP contribution in [-0.2, 0) is 6.54 Å². The summed E-state index contributed by atoms with van der Waals surface area (Å²) in [7, 11) is 0. The van der Waals surface area contributed by atoms with Crippen molar-refractivity contribution in [1.29, 1.82) is 0 Å². The molecule has 0 saturated heterocycles. The van der Waals surface area contributed by atoms with E-state index in [0.29, 0.717) is 17.8 Å². The van der Waals surface area contributed by atoms with Crippen LogP contribution in [0.1, 0.15) is 31.8 Å². The van der Waals surface area contributed by atoms with Crippen LogP contribution in [0.2, 0.25) is 0 Å². The number of hydrogen-bond donors (Lipinski definition) is 1. The Morgan fingerprint density at radius 3 is 2.52 bits per heavy atom. The quantitative estimate of drug-likeness (QED) is 0.635. The molecule has 3 aromatic carbocycles. The highest BCUT2D eigenvalue weighted by atomic mass is 79.9. The molecule has 1 aliphatic heterocycles. The molecule has 0 bridgehead atoms. The fourth-order valence-corrected chi connectivity index (χ4v) is 3.72. The van der Waals surface area contributed by atoms with Crippen molar-refractivity contribution in [2.75, 3.05) is 10.2 Å². The lowest BCUT2D eigenvalue weighted by Gasteiger charge is -2.17. The van der Waals surface area contributed by atoms with E-state index in [4.69, 9.17) is 0 Å². The summed E-state index contributed by atoms with van der Waals surface area (Å²) in [5, 5.41) is 2.92. The fourth-order valence-electron chi connectivity index (χ4n) is 3.25. The molecule has 2 amide bonds. The number of aryl methyl sites for hydroxylation is 1. The van der Waals surface area contributed by atoms with Crippen LogP contribution in [0.4, 0.5) is 11.4 Å². The van der Waals surface area contributed by atoms with E-state index in [-0.39, 0.29) is 11.8 Å². The molecule has 0 atom stereocenters. The first kappa shape index (κ1) is 17.5. The molecular formula is C22H17BrN2O2. The minimum atomic E-state index is -0.161. The molecule has 1 aliphatic rings. The maximum absolute atomic E-state index is 12.6. The Morgan fingerprint density at radius 2 is 1.78 bits per heavy atom.